The molecule has 1 aliphatic rings. The average molecular weight is 308 g/mol. The van der Waals surface area contributed by atoms with E-state index in [2.05, 4.69) is 15.3 Å². The Balaban J connectivity index is 1.70. The predicted molar refractivity (Wildman–Crippen MR) is 84.3 cm³/mol. The molecule has 106 valence electrons. The number of thioether (sulfide) groups is 1. The highest BCUT2D eigenvalue weighted by molar-refractivity contribution is 7.99. The number of nitrogens with zero attached hydrogens (tertiary/aromatic N) is 2. The maximum Gasteiger partial charge on any atom is 0.263 e. The molecule has 0 aliphatic carbocycles. The highest BCUT2D eigenvalue weighted by Gasteiger charge is 2.20. The normalized spacial score (nSPS) is 19.1. The van der Waals surface area contributed by atoms with E-state index in [1.165, 1.54) is 36.4 Å². The highest BCUT2D eigenvalue weighted by Crippen LogP contribution is 2.30. The predicted octanol–water partition coefficient (Wildman–Crippen LogP) is 2.29. The van der Waals surface area contributed by atoms with E-state index >= 15 is 0 Å². The topological polar surface area (TPSA) is 80.9 Å². The number of hydrogen-bond donors (Lipinski definition) is 2. The Kier molecular flexibility index (Phi) is 4.07. The van der Waals surface area contributed by atoms with Crippen LogP contribution in [0.25, 0.3) is 10.3 Å². The van der Waals surface area contributed by atoms with E-state index in [0.29, 0.717) is 32.7 Å². The fourth-order valence-corrected chi connectivity index (χ4v) is 4.44. The minimum atomic E-state index is -0.113. The molecule has 7 heteroatoms. The zero-order chi connectivity index (χ0) is 13.9. The van der Waals surface area contributed by atoms with E-state index in [-0.39, 0.29) is 5.91 Å². The third kappa shape index (κ3) is 2.73. The molecule has 0 bridgehead atoms. The first kappa shape index (κ1) is 13.6. The first-order chi connectivity index (χ1) is 9.75. The van der Waals surface area contributed by atoms with Gasteiger partial charge in [0, 0.05) is 24.2 Å². The zero-order valence-corrected chi connectivity index (χ0v) is 12.6. The summed E-state index contributed by atoms with van der Waals surface area (Å²) < 4.78 is 0. The van der Waals surface area contributed by atoms with Crippen molar-refractivity contribution in [2.75, 3.05) is 18.0 Å². The van der Waals surface area contributed by atoms with Gasteiger partial charge < -0.3 is 11.1 Å². The molecule has 0 radical (unpaired) electrons. The quantitative estimate of drug-likeness (QED) is 0.909. The van der Waals surface area contributed by atoms with Crippen molar-refractivity contribution in [3.05, 3.63) is 17.3 Å². The smallest absolute Gasteiger partial charge is 0.263 e. The van der Waals surface area contributed by atoms with Crippen LogP contribution >= 0.6 is 23.1 Å². The van der Waals surface area contributed by atoms with Gasteiger partial charge in [0.25, 0.3) is 5.91 Å². The van der Waals surface area contributed by atoms with E-state index in [9.17, 15) is 4.79 Å². The molecule has 3 rings (SSSR count). The van der Waals surface area contributed by atoms with Gasteiger partial charge in [-0.2, -0.15) is 11.8 Å². The molecule has 20 heavy (non-hydrogen) atoms. The number of carbonyl (C=O) groups is 1. The summed E-state index contributed by atoms with van der Waals surface area (Å²) in [6.45, 7) is 0.706. The Labute approximate surface area is 125 Å². The summed E-state index contributed by atoms with van der Waals surface area (Å²) in [7, 11) is 0. The minimum absolute atomic E-state index is 0.113. The largest absolute Gasteiger partial charge is 0.396 e. The maximum absolute atomic E-state index is 12.2. The monoisotopic (exact) mass is 308 g/mol. The molecule has 2 aromatic heterocycles. The van der Waals surface area contributed by atoms with Crippen LogP contribution in [0.5, 0.6) is 0 Å². The number of thiophene rings is 1. The molecule has 5 nitrogen and oxygen atoms in total. The van der Waals surface area contributed by atoms with Crippen molar-refractivity contribution in [3.63, 3.8) is 0 Å². The second-order valence-electron chi connectivity index (χ2n) is 4.75. The molecule has 0 aromatic carbocycles. The number of fused-ring (bicyclic) bond motifs is 1. The lowest BCUT2D eigenvalue weighted by Crippen LogP contribution is -2.31. The van der Waals surface area contributed by atoms with Crippen LogP contribution in [0, 0.1) is 0 Å². The molecule has 2 aromatic rings. The maximum atomic E-state index is 12.2. The van der Waals surface area contributed by atoms with Gasteiger partial charge in [0.15, 0.2) is 0 Å². The van der Waals surface area contributed by atoms with Crippen molar-refractivity contribution in [3.8, 4) is 0 Å². The average Bonchev–Trinajstić information content (AvgIpc) is 2.84. The molecule has 1 aliphatic heterocycles. The molecule has 3 heterocycles. The van der Waals surface area contributed by atoms with E-state index in [1.807, 2.05) is 11.8 Å². The number of amides is 1. The number of anilines is 1. The Morgan fingerprint density at radius 1 is 1.40 bits per heavy atom. The van der Waals surface area contributed by atoms with Gasteiger partial charge in [0.2, 0.25) is 0 Å². The van der Waals surface area contributed by atoms with Gasteiger partial charge in [-0.1, -0.05) is 6.42 Å². The van der Waals surface area contributed by atoms with Crippen molar-refractivity contribution in [2.24, 2.45) is 0 Å². The Morgan fingerprint density at radius 3 is 3.00 bits per heavy atom. The van der Waals surface area contributed by atoms with Crippen molar-refractivity contribution in [1.29, 1.82) is 0 Å². The molecule has 3 N–H and O–H groups in total. The van der Waals surface area contributed by atoms with Gasteiger partial charge >= 0.3 is 0 Å². The SMILES string of the molecule is Nc1c(C(=O)NCC2CCCCS2)sc2nccnc12. The number of aromatic nitrogens is 2. The standard InChI is InChI=1S/C13H16N4OS2/c14-9-10-13(16-5-4-15-10)20-11(9)12(18)17-7-8-3-1-2-6-19-8/h4-5,8H,1-3,6-7,14H2,(H,17,18). The number of nitrogen functional groups attached to an aromatic ring is 1. The molecule has 0 spiro atoms. The first-order valence-electron chi connectivity index (χ1n) is 6.64. The van der Waals surface area contributed by atoms with E-state index in [4.69, 9.17) is 5.73 Å². The summed E-state index contributed by atoms with van der Waals surface area (Å²) in [4.78, 5) is 21.8. The van der Waals surface area contributed by atoms with Gasteiger partial charge in [-0.3, -0.25) is 4.79 Å². The van der Waals surface area contributed by atoms with E-state index < -0.39 is 0 Å². The van der Waals surface area contributed by atoms with Crippen molar-refractivity contribution < 1.29 is 4.79 Å². The van der Waals surface area contributed by atoms with Crippen LogP contribution in [0.2, 0.25) is 0 Å². The summed E-state index contributed by atoms with van der Waals surface area (Å²) in [6, 6.07) is 0. The van der Waals surface area contributed by atoms with Crippen molar-refractivity contribution in [2.45, 2.75) is 24.5 Å². The molecular formula is C13H16N4OS2. The van der Waals surface area contributed by atoms with E-state index in [1.54, 1.807) is 12.4 Å². The minimum Gasteiger partial charge on any atom is -0.396 e. The molecule has 1 amide bonds. The van der Waals surface area contributed by atoms with Gasteiger partial charge in [0.1, 0.15) is 15.2 Å². The number of carbonyl (C=O) groups excluding carboxylic acids is 1. The second kappa shape index (κ2) is 5.97. The summed E-state index contributed by atoms with van der Waals surface area (Å²) in [5, 5.41) is 3.51. The zero-order valence-electron chi connectivity index (χ0n) is 11.0. The van der Waals surface area contributed by atoms with Crippen LogP contribution < -0.4 is 11.1 Å². The summed E-state index contributed by atoms with van der Waals surface area (Å²) >= 11 is 3.24. The molecular weight excluding hydrogens is 292 g/mol. The molecule has 1 unspecified atom stereocenters. The van der Waals surface area contributed by atoms with Crippen LogP contribution in [0.15, 0.2) is 12.4 Å². The van der Waals surface area contributed by atoms with Gasteiger partial charge in [0.05, 0.1) is 5.69 Å². The highest BCUT2D eigenvalue weighted by atomic mass is 32.2. The second-order valence-corrected chi connectivity index (χ2v) is 7.16. The van der Waals surface area contributed by atoms with Crippen LogP contribution in [-0.2, 0) is 0 Å². The van der Waals surface area contributed by atoms with E-state index in [0.717, 1.165) is 0 Å². The van der Waals surface area contributed by atoms with Crippen molar-refractivity contribution >= 4 is 45.0 Å². The Hall–Kier alpha value is -1.34. The van der Waals surface area contributed by atoms with Crippen LogP contribution in [0.1, 0.15) is 28.9 Å². The molecule has 1 fully saturated rings. The third-order valence-corrected chi connectivity index (χ3v) is 5.83. The van der Waals surface area contributed by atoms with Gasteiger partial charge in [-0.15, -0.1) is 11.3 Å². The summed E-state index contributed by atoms with van der Waals surface area (Å²) in [5.74, 6) is 1.08. The number of nitrogens with one attached hydrogen (secondary N) is 1. The number of nitrogens with two attached hydrogens (primary N) is 1. The molecule has 1 atom stereocenters. The van der Waals surface area contributed by atoms with Crippen LogP contribution in [0.4, 0.5) is 5.69 Å². The Morgan fingerprint density at radius 2 is 2.25 bits per heavy atom. The molecule has 1 saturated heterocycles. The van der Waals surface area contributed by atoms with Crippen molar-refractivity contribution in [1.82, 2.24) is 15.3 Å². The van der Waals surface area contributed by atoms with Crippen LogP contribution in [-0.4, -0.2) is 33.4 Å². The molecule has 0 saturated carbocycles. The third-order valence-electron chi connectivity index (χ3n) is 3.33. The van der Waals surface area contributed by atoms with Crippen LogP contribution in [0.3, 0.4) is 0 Å². The summed E-state index contributed by atoms with van der Waals surface area (Å²) in [6.07, 6.45) is 6.92. The fourth-order valence-electron chi connectivity index (χ4n) is 2.27. The first-order valence-corrected chi connectivity index (χ1v) is 8.51. The lowest BCUT2D eigenvalue weighted by atomic mass is 10.2. The lowest BCUT2D eigenvalue weighted by Gasteiger charge is -2.21. The fraction of sp³-hybridized carbons (Fsp3) is 0.462. The Bertz CT molecular complexity index is 622. The van der Waals surface area contributed by atoms with Gasteiger partial charge in [-0.05, 0) is 18.6 Å². The summed E-state index contributed by atoms with van der Waals surface area (Å²) in [5.41, 5.74) is 7.05. The lowest BCUT2D eigenvalue weighted by molar-refractivity contribution is 0.0958. The van der Waals surface area contributed by atoms with Gasteiger partial charge in [-0.25, -0.2) is 9.97 Å². The number of rotatable bonds is 3. The number of hydrogen-bond acceptors (Lipinski definition) is 6.